The Hall–Kier alpha value is -1.42. The summed E-state index contributed by atoms with van der Waals surface area (Å²) >= 11 is 6.07. The third-order valence-electron chi connectivity index (χ3n) is 3.69. The molecule has 4 nitrogen and oxygen atoms in total. The Morgan fingerprint density at radius 2 is 2.22 bits per heavy atom. The second-order valence-corrected chi connectivity index (χ2v) is 5.34. The molecule has 1 aliphatic rings. The smallest absolute Gasteiger partial charge is 0.337 e. The van der Waals surface area contributed by atoms with Crippen molar-refractivity contribution in [2.24, 2.45) is 5.41 Å². The second kappa shape index (κ2) is 4.69. The van der Waals surface area contributed by atoms with Gasteiger partial charge in [0.1, 0.15) is 0 Å². The quantitative estimate of drug-likeness (QED) is 0.717. The minimum absolute atomic E-state index is 0.131. The van der Waals surface area contributed by atoms with Gasteiger partial charge in [-0.1, -0.05) is 18.5 Å². The van der Waals surface area contributed by atoms with E-state index in [-0.39, 0.29) is 5.56 Å². The highest BCUT2D eigenvalue weighted by Gasteiger charge is 2.40. The fourth-order valence-electron chi connectivity index (χ4n) is 2.08. The molecule has 1 aromatic carbocycles. The van der Waals surface area contributed by atoms with Gasteiger partial charge in [-0.25, -0.2) is 4.79 Å². The predicted molar refractivity (Wildman–Crippen MR) is 73.3 cm³/mol. The fourth-order valence-corrected chi connectivity index (χ4v) is 2.38. The number of nitrogens with two attached hydrogens (primary N) is 1. The van der Waals surface area contributed by atoms with E-state index in [1.54, 1.807) is 6.07 Å². The molecule has 0 spiro atoms. The molecule has 1 saturated carbocycles. The lowest BCUT2D eigenvalue weighted by molar-refractivity contribution is 0.0698. The summed E-state index contributed by atoms with van der Waals surface area (Å²) in [6, 6.07) is 3.00. The summed E-state index contributed by atoms with van der Waals surface area (Å²) in [6.45, 7) is 2.91. The van der Waals surface area contributed by atoms with Gasteiger partial charge in [0.05, 0.1) is 16.3 Å². The number of benzene rings is 1. The van der Waals surface area contributed by atoms with Crippen LogP contribution in [-0.4, -0.2) is 17.6 Å². The van der Waals surface area contributed by atoms with Gasteiger partial charge < -0.3 is 16.2 Å². The van der Waals surface area contributed by atoms with E-state index in [2.05, 4.69) is 12.2 Å². The van der Waals surface area contributed by atoms with Gasteiger partial charge in [0, 0.05) is 12.2 Å². The molecule has 5 heteroatoms. The van der Waals surface area contributed by atoms with Crippen molar-refractivity contribution in [3.05, 3.63) is 22.7 Å². The highest BCUT2D eigenvalue weighted by molar-refractivity contribution is 6.34. The Labute approximate surface area is 111 Å². The second-order valence-electron chi connectivity index (χ2n) is 4.94. The molecule has 1 aliphatic carbocycles. The Balaban J connectivity index is 2.23. The highest BCUT2D eigenvalue weighted by atomic mass is 35.5. The molecule has 1 fully saturated rings. The van der Waals surface area contributed by atoms with Crippen LogP contribution in [0.3, 0.4) is 0 Å². The van der Waals surface area contributed by atoms with Gasteiger partial charge in [-0.05, 0) is 36.8 Å². The van der Waals surface area contributed by atoms with Gasteiger partial charge in [-0.15, -0.1) is 0 Å². The number of hydrogen-bond donors (Lipinski definition) is 3. The van der Waals surface area contributed by atoms with Crippen molar-refractivity contribution >= 4 is 28.9 Å². The normalized spacial score (nSPS) is 16.3. The molecular weight excluding hydrogens is 252 g/mol. The number of rotatable bonds is 5. The van der Waals surface area contributed by atoms with Crippen LogP contribution in [0.15, 0.2) is 12.1 Å². The number of carboxylic acid groups (broad SMARTS) is 1. The van der Waals surface area contributed by atoms with Crippen molar-refractivity contribution in [1.29, 1.82) is 0 Å². The first-order chi connectivity index (χ1) is 8.47. The average Bonchev–Trinajstić information content (AvgIpc) is 3.07. The molecule has 0 aliphatic heterocycles. The molecule has 0 unspecified atom stereocenters. The summed E-state index contributed by atoms with van der Waals surface area (Å²) in [7, 11) is 0. The van der Waals surface area contributed by atoms with Crippen LogP contribution in [0.25, 0.3) is 0 Å². The molecule has 0 saturated heterocycles. The predicted octanol–water partition coefficient (Wildman–Crippen LogP) is 3.22. The molecular formula is C13H17ClN2O2. The number of aromatic carboxylic acids is 1. The number of hydrogen-bond acceptors (Lipinski definition) is 3. The van der Waals surface area contributed by atoms with Crippen molar-refractivity contribution in [2.45, 2.75) is 26.2 Å². The van der Waals surface area contributed by atoms with Gasteiger partial charge in [0.25, 0.3) is 0 Å². The lowest BCUT2D eigenvalue weighted by Gasteiger charge is -2.17. The summed E-state index contributed by atoms with van der Waals surface area (Å²) < 4.78 is 0. The van der Waals surface area contributed by atoms with Crippen molar-refractivity contribution in [3.63, 3.8) is 0 Å². The molecule has 4 N–H and O–H groups in total. The average molecular weight is 269 g/mol. The molecule has 0 radical (unpaired) electrons. The summed E-state index contributed by atoms with van der Waals surface area (Å²) in [5.74, 6) is -1.02. The number of nitrogens with one attached hydrogen (secondary N) is 1. The third kappa shape index (κ3) is 2.53. The Bertz CT molecular complexity index is 484. The monoisotopic (exact) mass is 268 g/mol. The van der Waals surface area contributed by atoms with Crippen LogP contribution in [0.1, 0.15) is 36.5 Å². The number of carboxylic acids is 1. The Morgan fingerprint density at radius 3 is 2.72 bits per heavy atom. The van der Waals surface area contributed by atoms with Crippen LogP contribution in [-0.2, 0) is 0 Å². The number of halogens is 1. The number of carbonyl (C=O) groups is 1. The van der Waals surface area contributed by atoms with Gasteiger partial charge in [-0.3, -0.25) is 0 Å². The Morgan fingerprint density at radius 1 is 1.56 bits per heavy atom. The largest absolute Gasteiger partial charge is 0.478 e. The zero-order valence-electron chi connectivity index (χ0n) is 10.3. The SMILES string of the molecule is CCC1(CNc2c(Cl)cc(N)cc2C(=O)O)CC1. The lowest BCUT2D eigenvalue weighted by Crippen LogP contribution is -2.17. The van der Waals surface area contributed by atoms with Gasteiger partial charge >= 0.3 is 5.97 Å². The summed E-state index contributed by atoms with van der Waals surface area (Å²) in [5.41, 5.74) is 6.89. The topological polar surface area (TPSA) is 75.3 Å². The van der Waals surface area contributed by atoms with Crippen LogP contribution in [0.4, 0.5) is 11.4 Å². The molecule has 0 amide bonds. The summed E-state index contributed by atoms with van der Waals surface area (Å²) in [6.07, 6.45) is 3.46. The van der Waals surface area contributed by atoms with E-state index in [1.807, 2.05) is 0 Å². The number of anilines is 2. The minimum Gasteiger partial charge on any atom is -0.478 e. The maximum Gasteiger partial charge on any atom is 0.337 e. The van der Waals surface area contributed by atoms with Crippen molar-refractivity contribution in [3.8, 4) is 0 Å². The zero-order chi connectivity index (χ0) is 13.3. The van der Waals surface area contributed by atoms with E-state index in [0.29, 0.717) is 21.8 Å². The maximum absolute atomic E-state index is 11.2. The first-order valence-corrected chi connectivity index (χ1v) is 6.41. The van der Waals surface area contributed by atoms with Gasteiger partial charge in [-0.2, -0.15) is 0 Å². The molecule has 98 valence electrons. The lowest BCUT2D eigenvalue weighted by atomic mass is 10.0. The van der Waals surface area contributed by atoms with E-state index < -0.39 is 5.97 Å². The van der Waals surface area contributed by atoms with E-state index in [9.17, 15) is 4.79 Å². The van der Waals surface area contributed by atoms with Gasteiger partial charge in [0.2, 0.25) is 0 Å². The maximum atomic E-state index is 11.2. The first kappa shape index (κ1) is 13.0. The molecule has 0 atom stereocenters. The molecule has 2 rings (SSSR count). The highest BCUT2D eigenvalue weighted by Crippen LogP contribution is 2.48. The molecule has 0 aromatic heterocycles. The molecule has 18 heavy (non-hydrogen) atoms. The van der Waals surface area contributed by atoms with Crippen LogP contribution >= 0.6 is 11.6 Å². The summed E-state index contributed by atoms with van der Waals surface area (Å²) in [4.78, 5) is 11.2. The van der Waals surface area contributed by atoms with E-state index >= 15 is 0 Å². The van der Waals surface area contributed by atoms with Crippen LogP contribution in [0.5, 0.6) is 0 Å². The van der Waals surface area contributed by atoms with E-state index in [0.717, 1.165) is 13.0 Å². The van der Waals surface area contributed by atoms with Crippen LogP contribution in [0.2, 0.25) is 5.02 Å². The van der Waals surface area contributed by atoms with E-state index in [4.69, 9.17) is 22.4 Å². The molecule has 1 aromatic rings. The molecule has 0 heterocycles. The Kier molecular flexibility index (Phi) is 3.39. The van der Waals surface area contributed by atoms with Crippen LogP contribution < -0.4 is 11.1 Å². The third-order valence-corrected chi connectivity index (χ3v) is 3.99. The van der Waals surface area contributed by atoms with Crippen molar-refractivity contribution in [2.75, 3.05) is 17.6 Å². The first-order valence-electron chi connectivity index (χ1n) is 6.03. The zero-order valence-corrected chi connectivity index (χ0v) is 11.0. The number of nitrogen functional groups attached to an aromatic ring is 1. The molecule has 0 bridgehead atoms. The van der Waals surface area contributed by atoms with Crippen molar-refractivity contribution < 1.29 is 9.90 Å². The van der Waals surface area contributed by atoms with Crippen molar-refractivity contribution in [1.82, 2.24) is 0 Å². The standard InChI is InChI=1S/C13H17ClN2O2/c1-2-13(3-4-13)7-16-11-9(12(17)18)5-8(15)6-10(11)14/h5-6,16H,2-4,7,15H2,1H3,(H,17,18). The van der Waals surface area contributed by atoms with Gasteiger partial charge in [0.15, 0.2) is 0 Å². The van der Waals surface area contributed by atoms with Crippen LogP contribution in [0, 0.1) is 5.41 Å². The minimum atomic E-state index is -1.02. The fraction of sp³-hybridized carbons (Fsp3) is 0.462. The summed E-state index contributed by atoms with van der Waals surface area (Å²) in [5, 5.41) is 12.7. The van der Waals surface area contributed by atoms with E-state index in [1.165, 1.54) is 18.9 Å².